The molecule has 3 aromatic rings. The van der Waals surface area contributed by atoms with Gasteiger partial charge >= 0.3 is 0 Å². The molecule has 0 spiro atoms. The lowest BCUT2D eigenvalue weighted by molar-refractivity contribution is 0.102. The maximum Gasteiger partial charge on any atom is 0.255 e. The number of nitriles is 1. The van der Waals surface area contributed by atoms with Crippen LogP contribution in [-0.2, 0) is 4.74 Å². The molecule has 1 N–H and O–H groups in total. The number of nitrogens with zero attached hydrogens (tertiary/aromatic N) is 3. The molecule has 2 heterocycles. The molecule has 4 rings (SSSR count). The second-order valence-corrected chi connectivity index (χ2v) is 7.53. The lowest BCUT2D eigenvalue weighted by atomic mass is 9.97. The molecule has 0 aliphatic carbocycles. The van der Waals surface area contributed by atoms with E-state index in [1.54, 1.807) is 18.3 Å². The molecule has 156 valence electrons. The summed E-state index contributed by atoms with van der Waals surface area (Å²) in [7, 11) is 0. The van der Waals surface area contributed by atoms with Crippen LogP contribution in [0.3, 0.4) is 0 Å². The van der Waals surface area contributed by atoms with Crippen molar-refractivity contribution < 1.29 is 9.53 Å². The number of aromatic nitrogens is 1. The number of benzene rings is 2. The van der Waals surface area contributed by atoms with Gasteiger partial charge in [-0.15, -0.1) is 0 Å². The van der Waals surface area contributed by atoms with Gasteiger partial charge in [-0.3, -0.25) is 4.79 Å². The summed E-state index contributed by atoms with van der Waals surface area (Å²) in [5.41, 5.74) is 4.83. The summed E-state index contributed by atoms with van der Waals surface area (Å²) >= 11 is 0. The number of carbonyl (C=O) groups is 1. The van der Waals surface area contributed by atoms with Crippen LogP contribution in [0.2, 0.25) is 0 Å². The van der Waals surface area contributed by atoms with Crippen LogP contribution in [0.15, 0.2) is 60.8 Å². The summed E-state index contributed by atoms with van der Waals surface area (Å²) in [6.07, 6.45) is 2.67. The second kappa shape index (κ2) is 9.41. The summed E-state index contributed by atoms with van der Waals surface area (Å²) in [4.78, 5) is 19.5. The molecule has 0 unspecified atom stereocenters. The highest BCUT2D eigenvalue weighted by molar-refractivity contribution is 6.05. The summed E-state index contributed by atoms with van der Waals surface area (Å²) < 4.78 is 5.49. The van der Waals surface area contributed by atoms with Gasteiger partial charge in [0.2, 0.25) is 0 Å². The van der Waals surface area contributed by atoms with Gasteiger partial charge in [-0.1, -0.05) is 18.2 Å². The number of aryl methyl sites for hydroxylation is 1. The highest BCUT2D eigenvalue weighted by atomic mass is 16.5. The van der Waals surface area contributed by atoms with E-state index in [1.807, 2.05) is 49.4 Å². The van der Waals surface area contributed by atoms with Crippen LogP contribution in [0.4, 0.5) is 11.5 Å². The van der Waals surface area contributed by atoms with E-state index in [0.717, 1.165) is 48.6 Å². The van der Waals surface area contributed by atoms with Crippen LogP contribution in [-0.4, -0.2) is 37.2 Å². The zero-order valence-corrected chi connectivity index (χ0v) is 17.5. The molecule has 0 bridgehead atoms. The second-order valence-electron chi connectivity index (χ2n) is 7.53. The van der Waals surface area contributed by atoms with Gasteiger partial charge in [0.25, 0.3) is 5.91 Å². The molecular formula is C25H24N4O2. The third-order valence-electron chi connectivity index (χ3n) is 5.38. The lowest BCUT2D eigenvalue weighted by Crippen LogP contribution is -2.26. The quantitative estimate of drug-likeness (QED) is 0.687. The van der Waals surface area contributed by atoms with Crippen molar-refractivity contribution in [2.45, 2.75) is 13.3 Å². The van der Waals surface area contributed by atoms with E-state index in [-0.39, 0.29) is 5.91 Å². The van der Waals surface area contributed by atoms with Crippen molar-refractivity contribution in [1.82, 2.24) is 4.98 Å². The first-order valence-electron chi connectivity index (χ1n) is 10.4. The Hall–Kier alpha value is -3.69. The van der Waals surface area contributed by atoms with Gasteiger partial charge in [0, 0.05) is 25.3 Å². The van der Waals surface area contributed by atoms with Gasteiger partial charge in [-0.2, -0.15) is 5.26 Å². The molecule has 6 nitrogen and oxygen atoms in total. The number of hydrogen-bond acceptors (Lipinski definition) is 5. The van der Waals surface area contributed by atoms with Gasteiger partial charge < -0.3 is 15.0 Å². The largest absolute Gasteiger partial charge is 0.380 e. The third-order valence-corrected chi connectivity index (χ3v) is 5.38. The lowest BCUT2D eigenvalue weighted by Gasteiger charge is -2.20. The van der Waals surface area contributed by atoms with Gasteiger partial charge in [0.1, 0.15) is 5.82 Å². The van der Waals surface area contributed by atoms with Crippen LogP contribution in [0, 0.1) is 18.3 Å². The van der Waals surface area contributed by atoms with Crippen LogP contribution in [0.25, 0.3) is 11.1 Å². The summed E-state index contributed by atoms with van der Waals surface area (Å²) in [5, 5.41) is 11.9. The maximum absolute atomic E-state index is 12.8. The Kier molecular flexibility index (Phi) is 6.25. The fourth-order valence-electron chi connectivity index (χ4n) is 3.62. The monoisotopic (exact) mass is 412 g/mol. The molecule has 1 aromatic heterocycles. The maximum atomic E-state index is 12.8. The zero-order valence-electron chi connectivity index (χ0n) is 17.5. The minimum Gasteiger partial charge on any atom is -0.380 e. The fraction of sp³-hybridized carbons (Fsp3) is 0.240. The predicted molar refractivity (Wildman–Crippen MR) is 121 cm³/mol. The number of pyridine rings is 1. The zero-order chi connectivity index (χ0) is 21.6. The van der Waals surface area contributed by atoms with E-state index < -0.39 is 0 Å². The topological polar surface area (TPSA) is 78.2 Å². The van der Waals surface area contributed by atoms with Gasteiger partial charge in [-0.25, -0.2) is 4.98 Å². The van der Waals surface area contributed by atoms with Crippen LogP contribution >= 0.6 is 0 Å². The molecule has 1 saturated heterocycles. The van der Waals surface area contributed by atoms with Crippen molar-refractivity contribution in [3.63, 3.8) is 0 Å². The van der Waals surface area contributed by atoms with E-state index >= 15 is 0 Å². The molecule has 2 aromatic carbocycles. The van der Waals surface area contributed by atoms with Crippen LogP contribution < -0.4 is 10.2 Å². The molecule has 0 atom stereocenters. The SMILES string of the molecule is Cc1ccc(C(=O)Nc2ccc(N3CCCOCC3)nc2)cc1-c1ccc(C#N)cc1. The molecule has 0 radical (unpaired) electrons. The molecule has 1 amide bonds. The molecule has 1 fully saturated rings. The van der Waals surface area contributed by atoms with E-state index in [9.17, 15) is 4.79 Å². The Labute approximate surface area is 182 Å². The van der Waals surface area contributed by atoms with Crippen molar-refractivity contribution in [2.24, 2.45) is 0 Å². The molecule has 0 saturated carbocycles. The van der Waals surface area contributed by atoms with Crippen LogP contribution in [0.5, 0.6) is 0 Å². The van der Waals surface area contributed by atoms with Crippen molar-refractivity contribution in [1.29, 1.82) is 5.26 Å². The van der Waals surface area contributed by atoms with E-state index in [2.05, 4.69) is 21.3 Å². The standard InChI is InChI=1S/C25H24N4O2/c1-18-3-6-21(15-23(18)20-7-4-19(16-26)5-8-20)25(30)28-22-9-10-24(27-17-22)29-11-2-13-31-14-12-29/h3-10,15,17H,2,11-14H2,1H3,(H,28,30). The number of hydrogen-bond donors (Lipinski definition) is 1. The highest BCUT2D eigenvalue weighted by Gasteiger charge is 2.13. The summed E-state index contributed by atoms with van der Waals surface area (Å²) in [6.45, 7) is 5.23. The minimum atomic E-state index is -0.187. The molecular weight excluding hydrogens is 388 g/mol. The third kappa shape index (κ3) is 4.90. The van der Waals surface area contributed by atoms with Crippen molar-refractivity contribution in [2.75, 3.05) is 36.5 Å². The number of carbonyl (C=O) groups excluding carboxylic acids is 1. The minimum absolute atomic E-state index is 0.187. The van der Waals surface area contributed by atoms with Crippen LogP contribution in [0.1, 0.15) is 27.9 Å². The van der Waals surface area contributed by atoms with E-state index in [0.29, 0.717) is 23.4 Å². The normalized spacial score (nSPS) is 13.9. The number of rotatable bonds is 4. The van der Waals surface area contributed by atoms with E-state index in [1.165, 1.54) is 0 Å². The fourth-order valence-corrected chi connectivity index (χ4v) is 3.62. The highest BCUT2D eigenvalue weighted by Crippen LogP contribution is 2.25. The van der Waals surface area contributed by atoms with Gasteiger partial charge in [-0.05, 0) is 66.4 Å². The number of nitrogens with one attached hydrogen (secondary N) is 1. The Balaban J connectivity index is 1.48. The average Bonchev–Trinajstić information content (AvgIpc) is 3.10. The predicted octanol–water partition coefficient (Wildman–Crippen LogP) is 4.41. The first kappa shape index (κ1) is 20.6. The Bertz CT molecular complexity index is 1090. The Morgan fingerprint density at radius 3 is 2.68 bits per heavy atom. The van der Waals surface area contributed by atoms with Crippen molar-refractivity contribution >= 4 is 17.4 Å². The van der Waals surface area contributed by atoms with Crippen molar-refractivity contribution in [3.8, 4) is 17.2 Å². The molecule has 1 aliphatic heterocycles. The molecule has 31 heavy (non-hydrogen) atoms. The van der Waals surface area contributed by atoms with Gasteiger partial charge in [0.05, 0.1) is 30.1 Å². The summed E-state index contributed by atoms with van der Waals surface area (Å²) in [5.74, 6) is 0.703. The smallest absolute Gasteiger partial charge is 0.255 e. The van der Waals surface area contributed by atoms with Crippen molar-refractivity contribution in [3.05, 3.63) is 77.5 Å². The Morgan fingerprint density at radius 1 is 1.10 bits per heavy atom. The first-order chi connectivity index (χ1) is 15.1. The number of ether oxygens (including phenoxy) is 1. The van der Waals surface area contributed by atoms with E-state index in [4.69, 9.17) is 10.00 Å². The van der Waals surface area contributed by atoms with Gasteiger partial charge in [0.15, 0.2) is 0 Å². The molecule has 1 aliphatic rings. The molecule has 6 heteroatoms. The number of anilines is 2. The first-order valence-corrected chi connectivity index (χ1v) is 10.4. The number of amides is 1. The Morgan fingerprint density at radius 2 is 1.94 bits per heavy atom. The summed E-state index contributed by atoms with van der Waals surface area (Å²) in [6, 6.07) is 18.9. The average molecular weight is 412 g/mol.